The first-order chi connectivity index (χ1) is 11.6. The number of amides is 1. The van der Waals surface area contributed by atoms with Gasteiger partial charge >= 0.3 is 0 Å². The summed E-state index contributed by atoms with van der Waals surface area (Å²) < 4.78 is 17.0. The Labute approximate surface area is 140 Å². The molecule has 128 valence electrons. The Morgan fingerprint density at radius 2 is 2.17 bits per heavy atom. The predicted molar refractivity (Wildman–Crippen MR) is 83.6 cm³/mol. The number of ether oxygens (including phenoxy) is 1. The summed E-state index contributed by atoms with van der Waals surface area (Å²) in [5.74, 6) is 1.92. The molecule has 7 nitrogen and oxygen atoms in total. The Kier molecular flexibility index (Phi) is 3.88. The van der Waals surface area contributed by atoms with Gasteiger partial charge in [-0.2, -0.15) is 0 Å². The molecule has 2 saturated heterocycles. The van der Waals surface area contributed by atoms with Crippen LogP contribution in [0.15, 0.2) is 21.2 Å². The molecule has 2 aliphatic heterocycles. The molecule has 0 radical (unpaired) electrons. The second-order valence-electron chi connectivity index (χ2n) is 6.60. The highest BCUT2D eigenvalue weighted by Crippen LogP contribution is 2.39. The highest BCUT2D eigenvalue weighted by molar-refractivity contribution is 5.92. The first kappa shape index (κ1) is 15.4. The van der Waals surface area contributed by atoms with Crippen molar-refractivity contribution in [1.29, 1.82) is 0 Å². The topological polar surface area (TPSA) is 81.6 Å². The van der Waals surface area contributed by atoms with Gasteiger partial charge in [0.2, 0.25) is 11.8 Å². The first-order valence-electron chi connectivity index (χ1n) is 8.38. The largest absolute Gasteiger partial charge is 0.459 e. The van der Waals surface area contributed by atoms with Gasteiger partial charge < -0.3 is 18.5 Å². The molecule has 2 fully saturated rings. The van der Waals surface area contributed by atoms with Gasteiger partial charge in [0, 0.05) is 44.0 Å². The SMILES string of the molecule is Cc1nnc([C@@H]2CCO[C@@H]3CCN(C(=O)c4occc4C)C[C@@H]32)o1. The molecule has 4 rings (SSSR count). The number of piperidine rings is 1. The van der Waals surface area contributed by atoms with E-state index in [9.17, 15) is 4.79 Å². The van der Waals surface area contributed by atoms with Crippen LogP contribution in [0.3, 0.4) is 0 Å². The maximum atomic E-state index is 12.7. The molecule has 0 unspecified atom stereocenters. The number of rotatable bonds is 2. The van der Waals surface area contributed by atoms with Crippen LogP contribution in [0.2, 0.25) is 0 Å². The number of hydrogen-bond acceptors (Lipinski definition) is 6. The van der Waals surface area contributed by atoms with Gasteiger partial charge in [-0.1, -0.05) is 0 Å². The van der Waals surface area contributed by atoms with Crippen molar-refractivity contribution in [3.05, 3.63) is 35.4 Å². The Balaban J connectivity index is 1.56. The van der Waals surface area contributed by atoms with Gasteiger partial charge in [0.05, 0.1) is 12.4 Å². The fourth-order valence-electron chi connectivity index (χ4n) is 3.80. The van der Waals surface area contributed by atoms with Gasteiger partial charge in [-0.25, -0.2) is 0 Å². The van der Waals surface area contributed by atoms with Crippen LogP contribution in [0.5, 0.6) is 0 Å². The van der Waals surface area contributed by atoms with Gasteiger partial charge in [0.15, 0.2) is 5.76 Å². The van der Waals surface area contributed by atoms with Crippen LogP contribution in [-0.4, -0.2) is 46.8 Å². The number of furan rings is 1. The van der Waals surface area contributed by atoms with E-state index in [4.69, 9.17) is 13.6 Å². The van der Waals surface area contributed by atoms with Crippen LogP contribution in [0.4, 0.5) is 0 Å². The Hall–Kier alpha value is -2.15. The van der Waals surface area contributed by atoms with E-state index in [1.165, 1.54) is 0 Å². The summed E-state index contributed by atoms with van der Waals surface area (Å²) in [4.78, 5) is 14.6. The number of carbonyl (C=O) groups excluding carboxylic acids is 1. The molecule has 0 N–H and O–H groups in total. The fourth-order valence-corrected chi connectivity index (χ4v) is 3.80. The average Bonchev–Trinajstić information content (AvgIpc) is 3.21. The van der Waals surface area contributed by atoms with Crippen LogP contribution in [-0.2, 0) is 4.74 Å². The van der Waals surface area contributed by atoms with Crippen LogP contribution in [0.25, 0.3) is 0 Å². The molecule has 7 heteroatoms. The summed E-state index contributed by atoms with van der Waals surface area (Å²) in [7, 11) is 0. The third-order valence-corrected chi connectivity index (χ3v) is 5.07. The smallest absolute Gasteiger partial charge is 0.289 e. The van der Waals surface area contributed by atoms with E-state index in [0.29, 0.717) is 37.2 Å². The number of hydrogen-bond donors (Lipinski definition) is 0. The summed E-state index contributed by atoms with van der Waals surface area (Å²) >= 11 is 0. The van der Waals surface area contributed by atoms with Crippen molar-refractivity contribution in [3.8, 4) is 0 Å². The van der Waals surface area contributed by atoms with Crippen molar-refractivity contribution < 1.29 is 18.4 Å². The van der Waals surface area contributed by atoms with Crippen molar-refractivity contribution in [2.75, 3.05) is 19.7 Å². The lowest BCUT2D eigenvalue weighted by Crippen LogP contribution is -2.51. The Bertz CT molecular complexity index is 738. The third kappa shape index (κ3) is 2.62. The van der Waals surface area contributed by atoms with Crippen LogP contribution < -0.4 is 0 Å². The molecule has 2 aliphatic rings. The zero-order chi connectivity index (χ0) is 16.7. The number of fused-ring (bicyclic) bond motifs is 1. The molecular weight excluding hydrogens is 310 g/mol. The maximum Gasteiger partial charge on any atom is 0.289 e. The second kappa shape index (κ2) is 6.05. The van der Waals surface area contributed by atoms with Gasteiger partial charge in [0.25, 0.3) is 5.91 Å². The Morgan fingerprint density at radius 1 is 1.29 bits per heavy atom. The molecule has 2 aromatic rings. The summed E-state index contributed by atoms with van der Waals surface area (Å²) in [6, 6.07) is 1.81. The molecule has 0 spiro atoms. The summed E-state index contributed by atoms with van der Waals surface area (Å²) in [5.41, 5.74) is 0.867. The van der Waals surface area contributed by atoms with E-state index in [0.717, 1.165) is 18.4 Å². The number of nitrogens with zero attached hydrogens (tertiary/aromatic N) is 3. The highest BCUT2D eigenvalue weighted by atomic mass is 16.5. The van der Waals surface area contributed by atoms with Crippen molar-refractivity contribution in [2.24, 2.45) is 5.92 Å². The second-order valence-corrected chi connectivity index (χ2v) is 6.60. The monoisotopic (exact) mass is 331 g/mol. The lowest BCUT2D eigenvalue weighted by atomic mass is 9.79. The van der Waals surface area contributed by atoms with Crippen molar-refractivity contribution in [3.63, 3.8) is 0 Å². The maximum absolute atomic E-state index is 12.7. The van der Waals surface area contributed by atoms with E-state index in [2.05, 4.69) is 10.2 Å². The molecule has 3 atom stereocenters. The lowest BCUT2D eigenvalue weighted by Gasteiger charge is -2.43. The quantitative estimate of drug-likeness (QED) is 0.840. The molecule has 0 aromatic carbocycles. The number of carbonyl (C=O) groups is 1. The minimum Gasteiger partial charge on any atom is -0.459 e. The van der Waals surface area contributed by atoms with Gasteiger partial charge in [-0.3, -0.25) is 4.79 Å². The highest BCUT2D eigenvalue weighted by Gasteiger charge is 2.43. The van der Waals surface area contributed by atoms with Gasteiger partial charge in [-0.15, -0.1) is 10.2 Å². The molecule has 1 amide bonds. The predicted octanol–water partition coefficient (Wildman–Crippen LogP) is 2.31. The fraction of sp³-hybridized carbons (Fsp3) is 0.588. The van der Waals surface area contributed by atoms with Gasteiger partial charge in [0.1, 0.15) is 0 Å². The minimum absolute atomic E-state index is 0.0537. The number of aromatic nitrogens is 2. The van der Waals surface area contributed by atoms with Crippen molar-refractivity contribution in [1.82, 2.24) is 15.1 Å². The van der Waals surface area contributed by atoms with Crippen molar-refractivity contribution in [2.45, 2.75) is 38.7 Å². The zero-order valence-electron chi connectivity index (χ0n) is 13.9. The molecule has 4 heterocycles. The van der Waals surface area contributed by atoms with Crippen LogP contribution in [0, 0.1) is 19.8 Å². The normalized spacial score (nSPS) is 27.1. The van der Waals surface area contributed by atoms with Crippen molar-refractivity contribution >= 4 is 5.91 Å². The standard InChI is InChI=1S/C17H21N3O4/c1-10-4-7-23-15(10)17(21)20-6-3-14-13(9-20)12(5-8-22-14)16-19-18-11(2)24-16/h4,7,12-14H,3,5-6,8-9H2,1-2H3/t12-,13-,14-/m1/s1. The molecular formula is C17H21N3O4. The summed E-state index contributed by atoms with van der Waals surface area (Å²) in [5, 5.41) is 8.15. The lowest BCUT2D eigenvalue weighted by molar-refractivity contribution is -0.0754. The minimum atomic E-state index is -0.0537. The van der Waals surface area contributed by atoms with Gasteiger partial charge in [-0.05, 0) is 25.8 Å². The summed E-state index contributed by atoms with van der Waals surface area (Å²) in [6.45, 7) is 5.67. The Morgan fingerprint density at radius 3 is 2.88 bits per heavy atom. The average molecular weight is 331 g/mol. The first-order valence-corrected chi connectivity index (χ1v) is 8.38. The van der Waals surface area contributed by atoms with E-state index in [1.807, 2.05) is 17.9 Å². The van der Waals surface area contributed by atoms with Crippen LogP contribution >= 0.6 is 0 Å². The van der Waals surface area contributed by atoms with Crippen LogP contribution in [0.1, 0.15) is 46.7 Å². The summed E-state index contributed by atoms with van der Waals surface area (Å²) in [6.07, 6.45) is 3.35. The van der Waals surface area contributed by atoms with E-state index < -0.39 is 0 Å². The molecule has 2 aromatic heterocycles. The zero-order valence-corrected chi connectivity index (χ0v) is 13.9. The molecule has 0 saturated carbocycles. The van der Waals surface area contributed by atoms with E-state index in [-0.39, 0.29) is 23.8 Å². The molecule has 0 aliphatic carbocycles. The molecule has 0 bridgehead atoms. The number of aryl methyl sites for hydroxylation is 2. The van der Waals surface area contributed by atoms with E-state index in [1.54, 1.807) is 13.2 Å². The number of likely N-dealkylation sites (tertiary alicyclic amines) is 1. The van der Waals surface area contributed by atoms with E-state index >= 15 is 0 Å². The third-order valence-electron chi connectivity index (χ3n) is 5.07. The molecule has 24 heavy (non-hydrogen) atoms.